The molecule has 0 radical (unpaired) electrons. The molecule has 0 unspecified atom stereocenters. The van der Waals surface area contributed by atoms with Crippen LogP contribution in [0.2, 0.25) is 5.28 Å². The smallest absolute Gasteiger partial charge is 0.224 e. The van der Waals surface area contributed by atoms with E-state index >= 15 is 0 Å². The van der Waals surface area contributed by atoms with E-state index in [0.29, 0.717) is 17.1 Å². The van der Waals surface area contributed by atoms with Crippen LogP contribution < -0.4 is 11.5 Å². The summed E-state index contributed by atoms with van der Waals surface area (Å²) in [6, 6.07) is 0. The summed E-state index contributed by atoms with van der Waals surface area (Å²) < 4.78 is 0. The number of aryl methyl sites for hydroxylation is 1. The highest BCUT2D eigenvalue weighted by atomic mass is 35.5. The molecule has 1 heterocycles. The lowest BCUT2D eigenvalue weighted by atomic mass is 10.2. The molecule has 0 fully saturated rings. The normalized spacial score (nSPS) is 10.8. The Morgan fingerprint density at radius 2 is 2.08 bits per heavy atom. The third-order valence-electron chi connectivity index (χ3n) is 1.40. The van der Waals surface area contributed by atoms with Crippen LogP contribution in [0.5, 0.6) is 0 Å². The summed E-state index contributed by atoms with van der Waals surface area (Å²) >= 11 is 5.56. The number of halogens is 1. The molecule has 12 heavy (non-hydrogen) atoms. The van der Waals surface area contributed by atoms with Gasteiger partial charge in [-0.1, -0.05) is 0 Å². The van der Waals surface area contributed by atoms with Gasteiger partial charge in [0.2, 0.25) is 5.28 Å². The zero-order valence-corrected chi connectivity index (χ0v) is 7.34. The van der Waals surface area contributed by atoms with Crippen LogP contribution in [0, 0.1) is 6.92 Å². The molecule has 0 atom stereocenters. The van der Waals surface area contributed by atoms with Crippen molar-refractivity contribution in [3.63, 3.8) is 0 Å². The first-order valence-electron chi connectivity index (χ1n) is 3.33. The summed E-state index contributed by atoms with van der Waals surface area (Å²) in [6.45, 7) is 1.79. The van der Waals surface area contributed by atoms with Crippen molar-refractivity contribution in [2.75, 3.05) is 5.73 Å². The van der Waals surface area contributed by atoms with E-state index in [0.717, 1.165) is 0 Å². The molecule has 0 spiro atoms. The first-order valence-corrected chi connectivity index (χ1v) is 3.71. The molecule has 4 nitrogen and oxygen atoms in total. The van der Waals surface area contributed by atoms with Gasteiger partial charge in [-0.3, -0.25) is 0 Å². The second kappa shape index (κ2) is 3.40. The standard InChI is InChI=1S/C7H9ClN4/c1-4-5(2-3-9)6(10)12-7(8)11-4/h2-3H,9H2,1H3,(H2,10,11,12)/b3-2-. The van der Waals surface area contributed by atoms with E-state index in [1.807, 2.05) is 0 Å². The van der Waals surface area contributed by atoms with Crippen molar-refractivity contribution in [1.82, 2.24) is 9.97 Å². The summed E-state index contributed by atoms with van der Waals surface area (Å²) in [7, 11) is 0. The molecule has 1 aromatic rings. The number of aromatic nitrogens is 2. The monoisotopic (exact) mass is 184 g/mol. The number of rotatable bonds is 1. The van der Waals surface area contributed by atoms with E-state index in [1.54, 1.807) is 13.0 Å². The fourth-order valence-electron chi connectivity index (χ4n) is 0.871. The Kier molecular flexibility index (Phi) is 2.50. The summed E-state index contributed by atoms with van der Waals surface area (Å²) in [5.74, 6) is 0.342. The van der Waals surface area contributed by atoms with Gasteiger partial charge in [-0.2, -0.15) is 0 Å². The Labute approximate surface area is 75.3 Å². The Morgan fingerprint density at radius 1 is 1.42 bits per heavy atom. The average molecular weight is 185 g/mol. The molecule has 64 valence electrons. The maximum Gasteiger partial charge on any atom is 0.224 e. The molecule has 0 aliphatic heterocycles. The average Bonchev–Trinajstić information content (AvgIpc) is 1.96. The van der Waals surface area contributed by atoms with E-state index in [-0.39, 0.29) is 5.28 Å². The largest absolute Gasteiger partial charge is 0.405 e. The van der Waals surface area contributed by atoms with E-state index < -0.39 is 0 Å². The molecule has 0 aliphatic rings. The minimum Gasteiger partial charge on any atom is -0.405 e. The Morgan fingerprint density at radius 3 is 2.58 bits per heavy atom. The second-order valence-electron chi connectivity index (χ2n) is 2.24. The lowest BCUT2D eigenvalue weighted by Crippen LogP contribution is -2.00. The van der Waals surface area contributed by atoms with Crippen LogP contribution in [-0.2, 0) is 0 Å². The second-order valence-corrected chi connectivity index (χ2v) is 2.57. The van der Waals surface area contributed by atoms with E-state index in [2.05, 4.69) is 9.97 Å². The zero-order valence-electron chi connectivity index (χ0n) is 6.58. The Bertz CT molecular complexity index is 298. The SMILES string of the molecule is Cc1nc(Cl)nc(N)c1/C=C\N. The number of anilines is 1. The highest BCUT2D eigenvalue weighted by Gasteiger charge is 2.03. The molecule has 1 rings (SSSR count). The Hall–Kier alpha value is -1.29. The fraction of sp³-hybridized carbons (Fsp3) is 0.143. The fourth-order valence-corrected chi connectivity index (χ4v) is 1.09. The van der Waals surface area contributed by atoms with Gasteiger partial charge in [-0.15, -0.1) is 0 Å². The first-order chi connectivity index (χ1) is 5.65. The minimum atomic E-state index is 0.152. The summed E-state index contributed by atoms with van der Waals surface area (Å²) in [6.07, 6.45) is 3.02. The van der Waals surface area contributed by atoms with Crippen LogP contribution in [0.1, 0.15) is 11.3 Å². The van der Waals surface area contributed by atoms with Gasteiger partial charge in [0.05, 0.1) is 5.69 Å². The highest BCUT2D eigenvalue weighted by molar-refractivity contribution is 6.28. The lowest BCUT2D eigenvalue weighted by molar-refractivity contribution is 1.10. The van der Waals surface area contributed by atoms with Gasteiger partial charge in [-0.05, 0) is 30.8 Å². The molecule has 4 N–H and O–H groups in total. The van der Waals surface area contributed by atoms with Crippen molar-refractivity contribution in [2.24, 2.45) is 5.73 Å². The first kappa shape index (κ1) is 8.80. The van der Waals surface area contributed by atoms with Crippen molar-refractivity contribution in [1.29, 1.82) is 0 Å². The number of nitrogens with two attached hydrogens (primary N) is 2. The number of nitrogens with zero attached hydrogens (tertiary/aromatic N) is 2. The molecule has 5 heteroatoms. The van der Waals surface area contributed by atoms with Crippen molar-refractivity contribution in [3.8, 4) is 0 Å². The number of nitrogen functional groups attached to an aromatic ring is 1. The van der Waals surface area contributed by atoms with Gasteiger partial charge in [-0.25, -0.2) is 9.97 Å². The summed E-state index contributed by atoms with van der Waals surface area (Å²) in [4.78, 5) is 7.70. The van der Waals surface area contributed by atoms with Crippen molar-refractivity contribution in [2.45, 2.75) is 6.92 Å². The highest BCUT2D eigenvalue weighted by Crippen LogP contribution is 2.16. The molecular weight excluding hydrogens is 176 g/mol. The predicted octanol–water partition coefficient (Wildman–Crippen LogP) is 0.950. The molecule has 0 aliphatic carbocycles. The van der Waals surface area contributed by atoms with Gasteiger partial charge in [0.15, 0.2) is 0 Å². The molecule has 0 saturated carbocycles. The van der Waals surface area contributed by atoms with Gasteiger partial charge >= 0.3 is 0 Å². The van der Waals surface area contributed by atoms with Gasteiger partial charge in [0.1, 0.15) is 5.82 Å². The van der Waals surface area contributed by atoms with E-state index in [4.69, 9.17) is 23.1 Å². The number of hydrogen-bond acceptors (Lipinski definition) is 4. The van der Waals surface area contributed by atoms with Crippen molar-refractivity contribution in [3.05, 3.63) is 22.7 Å². The van der Waals surface area contributed by atoms with Crippen molar-refractivity contribution >= 4 is 23.5 Å². The minimum absolute atomic E-state index is 0.152. The molecule has 0 amide bonds. The molecule has 0 bridgehead atoms. The van der Waals surface area contributed by atoms with Crippen LogP contribution in [-0.4, -0.2) is 9.97 Å². The maximum atomic E-state index is 5.57. The van der Waals surface area contributed by atoms with Crippen LogP contribution in [0.25, 0.3) is 6.08 Å². The number of hydrogen-bond donors (Lipinski definition) is 2. The quantitative estimate of drug-likeness (QED) is 0.637. The van der Waals surface area contributed by atoms with Crippen LogP contribution >= 0.6 is 11.6 Å². The third kappa shape index (κ3) is 1.65. The van der Waals surface area contributed by atoms with Gasteiger partial charge in [0, 0.05) is 5.56 Å². The topological polar surface area (TPSA) is 77.8 Å². The predicted molar refractivity (Wildman–Crippen MR) is 49.4 cm³/mol. The third-order valence-corrected chi connectivity index (χ3v) is 1.57. The summed E-state index contributed by atoms with van der Waals surface area (Å²) in [5, 5.41) is 0.152. The van der Waals surface area contributed by atoms with Gasteiger partial charge < -0.3 is 11.5 Å². The van der Waals surface area contributed by atoms with Crippen molar-refractivity contribution < 1.29 is 0 Å². The Balaban J connectivity index is 3.28. The van der Waals surface area contributed by atoms with Crippen LogP contribution in [0.15, 0.2) is 6.20 Å². The van der Waals surface area contributed by atoms with Crippen LogP contribution in [0.4, 0.5) is 5.82 Å². The maximum absolute atomic E-state index is 5.57. The zero-order chi connectivity index (χ0) is 9.14. The molecule has 0 aromatic carbocycles. The van der Waals surface area contributed by atoms with E-state index in [9.17, 15) is 0 Å². The summed E-state index contributed by atoms with van der Waals surface area (Å²) in [5.41, 5.74) is 12.2. The molecular formula is C7H9ClN4. The van der Waals surface area contributed by atoms with Gasteiger partial charge in [0.25, 0.3) is 0 Å². The lowest BCUT2D eigenvalue weighted by Gasteiger charge is -2.02. The van der Waals surface area contributed by atoms with E-state index in [1.165, 1.54) is 6.20 Å². The molecule has 0 saturated heterocycles. The van der Waals surface area contributed by atoms with Crippen LogP contribution in [0.3, 0.4) is 0 Å². The molecule has 1 aromatic heterocycles.